The molecule has 0 aliphatic carbocycles. The van der Waals surface area contributed by atoms with Gasteiger partial charge in [-0.3, -0.25) is 9.69 Å². The van der Waals surface area contributed by atoms with Gasteiger partial charge in [-0.15, -0.1) is 12.4 Å². The number of fused-ring (bicyclic) bond motifs is 1. The lowest BCUT2D eigenvalue weighted by atomic mass is 10.0. The van der Waals surface area contributed by atoms with Crippen molar-refractivity contribution in [3.05, 3.63) is 89.0 Å². The number of aromatic nitrogens is 1. The summed E-state index contributed by atoms with van der Waals surface area (Å²) in [5, 5.41) is 0.692. The molecular formula is C27H30ClN3O2S. The summed E-state index contributed by atoms with van der Waals surface area (Å²) in [7, 11) is 5.66. The van der Waals surface area contributed by atoms with E-state index in [0.29, 0.717) is 17.2 Å². The van der Waals surface area contributed by atoms with E-state index >= 15 is 0 Å². The van der Waals surface area contributed by atoms with Crippen molar-refractivity contribution in [2.24, 2.45) is 0 Å². The molecule has 1 aromatic heterocycles. The second-order valence-corrected chi connectivity index (χ2v) is 9.36. The van der Waals surface area contributed by atoms with Crippen LogP contribution >= 0.6 is 23.7 Å². The Morgan fingerprint density at radius 1 is 0.941 bits per heavy atom. The highest BCUT2D eigenvalue weighted by molar-refractivity contribution is 7.22. The van der Waals surface area contributed by atoms with Crippen LogP contribution < -0.4 is 9.64 Å². The smallest absolute Gasteiger partial charge is 0.260 e. The molecule has 4 rings (SSSR count). The summed E-state index contributed by atoms with van der Waals surface area (Å²) in [5.41, 5.74) is 5.02. The topological polar surface area (TPSA) is 45.7 Å². The highest BCUT2D eigenvalue weighted by atomic mass is 35.5. The van der Waals surface area contributed by atoms with Crippen LogP contribution in [0, 0.1) is 6.92 Å². The van der Waals surface area contributed by atoms with Gasteiger partial charge < -0.3 is 9.64 Å². The highest BCUT2D eigenvalue weighted by Gasteiger charge is 2.23. The zero-order valence-electron chi connectivity index (χ0n) is 19.9. The molecule has 0 radical (unpaired) electrons. The first-order chi connectivity index (χ1) is 16.0. The van der Waals surface area contributed by atoms with Crippen LogP contribution in [0.15, 0.2) is 66.7 Å². The largest absolute Gasteiger partial charge is 0.494 e. The molecule has 0 unspecified atom stereocenters. The van der Waals surface area contributed by atoms with Crippen LogP contribution in [-0.2, 0) is 6.42 Å². The van der Waals surface area contributed by atoms with Gasteiger partial charge in [0.2, 0.25) is 0 Å². The summed E-state index contributed by atoms with van der Waals surface area (Å²) in [4.78, 5) is 22.3. The third-order valence-electron chi connectivity index (χ3n) is 5.61. The monoisotopic (exact) mass is 495 g/mol. The van der Waals surface area contributed by atoms with Crippen LogP contribution in [0.25, 0.3) is 10.2 Å². The van der Waals surface area contributed by atoms with Crippen molar-refractivity contribution in [1.82, 2.24) is 9.88 Å². The van der Waals surface area contributed by atoms with Crippen LogP contribution in [-0.4, -0.2) is 50.1 Å². The number of anilines is 1. The van der Waals surface area contributed by atoms with Gasteiger partial charge in [0, 0.05) is 18.7 Å². The summed E-state index contributed by atoms with van der Waals surface area (Å²) in [6.07, 6.45) is 0.844. The number of benzene rings is 3. The lowest BCUT2D eigenvalue weighted by Gasteiger charge is -2.22. The second-order valence-electron chi connectivity index (χ2n) is 8.38. The molecule has 0 saturated heterocycles. The zero-order chi connectivity index (χ0) is 23.4. The Hall–Kier alpha value is -2.93. The number of aryl methyl sites for hydroxylation is 1. The highest BCUT2D eigenvalue weighted by Crippen LogP contribution is 2.36. The molecule has 0 N–H and O–H groups in total. The van der Waals surface area contributed by atoms with E-state index < -0.39 is 0 Å². The minimum Gasteiger partial charge on any atom is -0.494 e. The molecule has 3 aromatic carbocycles. The van der Waals surface area contributed by atoms with Crippen LogP contribution in [0.2, 0.25) is 0 Å². The molecule has 34 heavy (non-hydrogen) atoms. The van der Waals surface area contributed by atoms with Gasteiger partial charge in [0.05, 0.1) is 11.8 Å². The summed E-state index contributed by atoms with van der Waals surface area (Å²) in [6, 6.07) is 22.2. The van der Waals surface area contributed by atoms with Gasteiger partial charge in [0.15, 0.2) is 5.13 Å². The van der Waals surface area contributed by atoms with Gasteiger partial charge in [-0.05, 0) is 62.3 Å². The first-order valence-corrected chi connectivity index (χ1v) is 11.8. The molecule has 4 aromatic rings. The van der Waals surface area contributed by atoms with Crippen molar-refractivity contribution in [3.8, 4) is 5.75 Å². The van der Waals surface area contributed by atoms with Crippen LogP contribution in [0.5, 0.6) is 5.75 Å². The van der Waals surface area contributed by atoms with E-state index in [-0.39, 0.29) is 18.3 Å². The fourth-order valence-electron chi connectivity index (χ4n) is 3.72. The normalized spacial score (nSPS) is 10.9. The standard InChI is InChI=1S/C27H29N3O2S.ClH/c1-19-10-15-23(32-4)24-25(19)33-27(28-24)30(17-16-29(2)3)26(31)22-13-11-21(12-14-22)18-20-8-6-5-7-9-20;/h5-15H,16-18H2,1-4H3;1H. The lowest BCUT2D eigenvalue weighted by molar-refractivity contribution is 0.0985. The summed E-state index contributed by atoms with van der Waals surface area (Å²) < 4.78 is 6.56. The van der Waals surface area contributed by atoms with Crippen molar-refractivity contribution in [3.63, 3.8) is 0 Å². The number of rotatable bonds is 8. The lowest BCUT2D eigenvalue weighted by Crippen LogP contribution is -2.36. The maximum atomic E-state index is 13.6. The van der Waals surface area contributed by atoms with Gasteiger partial charge in [0.25, 0.3) is 5.91 Å². The molecule has 0 bridgehead atoms. The number of ether oxygens (including phenoxy) is 1. The minimum atomic E-state index is -0.0428. The third kappa shape index (κ3) is 5.76. The van der Waals surface area contributed by atoms with Crippen molar-refractivity contribution in [2.45, 2.75) is 13.3 Å². The fourth-order valence-corrected chi connectivity index (χ4v) is 4.79. The number of hydrogen-bond donors (Lipinski definition) is 0. The molecule has 0 spiro atoms. The number of methoxy groups -OCH3 is 1. The van der Waals surface area contributed by atoms with Crippen LogP contribution in [0.1, 0.15) is 27.0 Å². The Kier molecular flexibility index (Phi) is 8.67. The minimum absolute atomic E-state index is 0. The number of nitrogens with zero attached hydrogens (tertiary/aromatic N) is 3. The Bertz CT molecular complexity index is 1240. The molecule has 0 aliphatic rings. The number of carbonyl (C=O) groups is 1. The quantitative estimate of drug-likeness (QED) is 0.308. The SMILES string of the molecule is COc1ccc(C)c2sc(N(CCN(C)C)C(=O)c3ccc(Cc4ccccc4)cc3)nc12.Cl. The maximum Gasteiger partial charge on any atom is 0.260 e. The Morgan fingerprint density at radius 2 is 1.62 bits per heavy atom. The molecular weight excluding hydrogens is 466 g/mol. The van der Waals surface area contributed by atoms with Gasteiger partial charge in [-0.1, -0.05) is 59.9 Å². The van der Waals surface area contributed by atoms with Gasteiger partial charge in [0.1, 0.15) is 11.3 Å². The molecule has 7 heteroatoms. The molecule has 0 aliphatic heterocycles. The molecule has 1 heterocycles. The number of halogens is 1. The van der Waals surface area contributed by atoms with E-state index in [4.69, 9.17) is 9.72 Å². The van der Waals surface area contributed by atoms with E-state index in [1.54, 1.807) is 12.0 Å². The number of hydrogen-bond acceptors (Lipinski definition) is 5. The number of amides is 1. The van der Waals surface area contributed by atoms with Crippen molar-refractivity contribution >= 4 is 45.0 Å². The van der Waals surface area contributed by atoms with E-state index in [9.17, 15) is 4.79 Å². The Labute approximate surface area is 211 Å². The fraction of sp³-hybridized carbons (Fsp3) is 0.259. The summed E-state index contributed by atoms with van der Waals surface area (Å²) in [6.45, 7) is 3.35. The second kappa shape index (κ2) is 11.5. The summed E-state index contributed by atoms with van der Waals surface area (Å²) >= 11 is 1.54. The Morgan fingerprint density at radius 3 is 2.26 bits per heavy atom. The first kappa shape index (κ1) is 25.7. The zero-order valence-corrected chi connectivity index (χ0v) is 21.6. The average Bonchev–Trinajstić information content (AvgIpc) is 3.26. The molecule has 0 atom stereocenters. The van der Waals surface area contributed by atoms with Gasteiger partial charge in [-0.25, -0.2) is 4.98 Å². The van der Waals surface area contributed by atoms with E-state index in [1.807, 2.05) is 68.7 Å². The van der Waals surface area contributed by atoms with Crippen molar-refractivity contribution in [1.29, 1.82) is 0 Å². The molecule has 5 nitrogen and oxygen atoms in total. The Balaban J connectivity index is 0.00000324. The first-order valence-electron chi connectivity index (χ1n) is 11.0. The third-order valence-corrected chi connectivity index (χ3v) is 6.82. The van der Waals surface area contributed by atoms with Crippen LogP contribution in [0.3, 0.4) is 0 Å². The molecule has 1 amide bonds. The van der Waals surface area contributed by atoms with Crippen molar-refractivity contribution < 1.29 is 9.53 Å². The van der Waals surface area contributed by atoms with E-state index in [2.05, 4.69) is 24.0 Å². The van der Waals surface area contributed by atoms with Crippen molar-refractivity contribution in [2.75, 3.05) is 39.2 Å². The van der Waals surface area contributed by atoms with E-state index in [1.165, 1.54) is 22.5 Å². The number of thiazole rings is 1. The average molecular weight is 496 g/mol. The van der Waals surface area contributed by atoms with Gasteiger partial charge in [-0.2, -0.15) is 0 Å². The molecule has 0 saturated carbocycles. The number of carbonyl (C=O) groups excluding carboxylic acids is 1. The maximum absolute atomic E-state index is 13.6. The van der Waals surface area contributed by atoms with Gasteiger partial charge >= 0.3 is 0 Å². The molecule has 178 valence electrons. The van der Waals surface area contributed by atoms with Crippen LogP contribution in [0.4, 0.5) is 5.13 Å². The van der Waals surface area contributed by atoms with E-state index in [0.717, 1.165) is 34.5 Å². The predicted molar refractivity (Wildman–Crippen MR) is 144 cm³/mol. The summed E-state index contributed by atoms with van der Waals surface area (Å²) in [5.74, 6) is 0.683. The molecule has 0 fully saturated rings. The predicted octanol–water partition coefficient (Wildman–Crippen LogP) is 5.83. The number of likely N-dealkylation sites (N-methyl/N-ethyl adjacent to an activating group) is 1.